The monoisotopic (exact) mass is 225 g/mol. The smallest absolute Gasteiger partial charge is 0.424 e. The lowest BCUT2D eigenvalue weighted by Gasteiger charge is -2.41. The normalized spacial score (nSPS) is 20.6. The Bertz CT molecular complexity index is 181. The molecule has 88 valence electrons. The van der Waals surface area contributed by atoms with Gasteiger partial charge >= 0.3 is 15.4 Å². The number of hydrogen-bond donors (Lipinski definition) is 0. The van der Waals surface area contributed by atoms with Crippen molar-refractivity contribution in [2.75, 3.05) is 19.6 Å². The molecular formula is C7H19B4NO4. The summed E-state index contributed by atoms with van der Waals surface area (Å²) in [7, 11) is 3.75. The Morgan fingerprint density at radius 2 is 1.62 bits per heavy atom. The van der Waals surface area contributed by atoms with Gasteiger partial charge in [0.1, 0.15) is 5.79 Å². The van der Waals surface area contributed by atoms with Gasteiger partial charge in [-0.05, 0) is 6.54 Å². The standard InChI is InChI=1S/C7H19B4NO4/c1-2-12-5-3-7(4-6-12,13-10-15-8)14-11-16-9/h10-11H,2-6,8-9H2,1H3. The summed E-state index contributed by atoms with van der Waals surface area (Å²) in [6, 6.07) is 0. The quantitative estimate of drug-likeness (QED) is 0.353. The fourth-order valence-electron chi connectivity index (χ4n) is 1.87. The largest absolute Gasteiger partial charge is 0.483 e. The Labute approximate surface area is 101 Å². The molecule has 1 heterocycles. The van der Waals surface area contributed by atoms with Crippen LogP contribution in [0.1, 0.15) is 19.8 Å². The van der Waals surface area contributed by atoms with Gasteiger partial charge < -0.3 is 23.4 Å². The first kappa shape index (κ1) is 14.1. The van der Waals surface area contributed by atoms with E-state index in [1.54, 1.807) is 16.1 Å². The second-order valence-corrected chi connectivity index (χ2v) is 3.95. The molecule has 0 N–H and O–H groups in total. The van der Waals surface area contributed by atoms with Crippen LogP contribution >= 0.6 is 0 Å². The topological polar surface area (TPSA) is 40.2 Å². The summed E-state index contributed by atoms with van der Waals surface area (Å²) >= 11 is 0. The van der Waals surface area contributed by atoms with Crippen molar-refractivity contribution >= 4 is 31.5 Å². The average Bonchev–Trinajstić information content (AvgIpc) is 2.35. The van der Waals surface area contributed by atoms with Crippen LogP contribution in [-0.4, -0.2) is 61.8 Å². The fraction of sp³-hybridized carbons (Fsp3) is 1.00. The van der Waals surface area contributed by atoms with Crippen LogP contribution in [0.25, 0.3) is 0 Å². The molecular weight excluding hydrogens is 205 g/mol. The molecule has 0 amide bonds. The maximum Gasteiger partial charge on any atom is 0.424 e. The summed E-state index contributed by atoms with van der Waals surface area (Å²) in [6.45, 7) is 5.22. The Balaban J connectivity index is 2.44. The molecule has 0 aromatic carbocycles. The second kappa shape index (κ2) is 7.40. The first-order valence-electron chi connectivity index (χ1n) is 5.74. The molecule has 1 aliphatic rings. The van der Waals surface area contributed by atoms with Gasteiger partial charge in [-0.3, -0.25) is 0 Å². The molecule has 0 aliphatic carbocycles. The molecule has 5 nitrogen and oxygen atoms in total. The van der Waals surface area contributed by atoms with E-state index in [0.29, 0.717) is 0 Å². The third kappa shape index (κ3) is 4.14. The highest BCUT2D eigenvalue weighted by Gasteiger charge is 2.35. The number of hydrogen-bond acceptors (Lipinski definition) is 5. The summed E-state index contributed by atoms with van der Waals surface area (Å²) in [6.07, 6.45) is 1.71. The van der Waals surface area contributed by atoms with Gasteiger partial charge in [-0.2, -0.15) is 0 Å². The van der Waals surface area contributed by atoms with Crippen LogP contribution in [0.15, 0.2) is 0 Å². The molecule has 1 fully saturated rings. The zero-order chi connectivity index (χ0) is 11.9. The summed E-state index contributed by atoms with van der Waals surface area (Å²) in [5.74, 6) is -0.530. The van der Waals surface area contributed by atoms with E-state index >= 15 is 0 Å². The second-order valence-electron chi connectivity index (χ2n) is 3.95. The van der Waals surface area contributed by atoms with Crippen molar-refractivity contribution in [3.8, 4) is 0 Å². The van der Waals surface area contributed by atoms with Crippen LogP contribution in [-0.2, 0) is 18.5 Å². The van der Waals surface area contributed by atoms with Crippen molar-refractivity contribution in [3.05, 3.63) is 0 Å². The van der Waals surface area contributed by atoms with Gasteiger partial charge in [0.2, 0.25) is 16.1 Å². The highest BCUT2D eigenvalue weighted by atomic mass is 16.7. The van der Waals surface area contributed by atoms with Gasteiger partial charge in [0.15, 0.2) is 0 Å². The SMILES string of the molecule is BOBOC1(OBOB)CCN(CC)CC1. The predicted molar refractivity (Wildman–Crippen MR) is 69.8 cm³/mol. The maximum atomic E-state index is 5.66. The maximum absolute atomic E-state index is 5.66. The highest BCUT2D eigenvalue weighted by molar-refractivity contribution is 6.28. The molecule has 0 aromatic heterocycles. The van der Waals surface area contributed by atoms with E-state index < -0.39 is 5.79 Å². The third-order valence-electron chi connectivity index (χ3n) is 2.94. The molecule has 1 saturated heterocycles. The molecule has 0 bridgehead atoms. The molecule has 0 radical (unpaired) electrons. The fourth-order valence-corrected chi connectivity index (χ4v) is 1.87. The molecule has 16 heavy (non-hydrogen) atoms. The molecule has 0 spiro atoms. The first-order valence-corrected chi connectivity index (χ1v) is 5.74. The Morgan fingerprint density at radius 3 is 2.00 bits per heavy atom. The zero-order valence-electron chi connectivity index (χ0n) is 10.5. The lowest BCUT2D eigenvalue weighted by molar-refractivity contribution is -0.157. The minimum Gasteiger partial charge on any atom is -0.483 e. The van der Waals surface area contributed by atoms with Crippen LogP contribution in [0.4, 0.5) is 0 Å². The van der Waals surface area contributed by atoms with Crippen LogP contribution in [0, 0.1) is 0 Å². The zero-order valence-corrected chi connectivity index (χ0v) is 10.5. The summed E-state index contributed by atoms with van der Waals surface area (Å²) in [5.41, 5.74) is 0. The Morgan fingerprint density at radius 1 is 1.12 bits per heavy atom. The number of rotatable bonds is 7. The minimum atomic E-state index is -0.530. The van der Waals surface area contributed by atoms with E-state index in [-0.39, 0.29) is 15.4 Å². The van der Waals surface area contributed by atoms with Gasteiger partial charge in [-0.15, -0.1) is 0 Å². The van der Waals surface area contributed by atoms with Crippen molar-refractivity contribution in [1.82, 2.24) is 4.90 Å². The van der Waals surface area contributed by atoms with Crippen molar-refractivity contribution in [2.24, 2.45) is 0 Å². The van der Waals surface area contributed by atoms with Gasteiger partial charge in [0.25, 0.3) is 0 Å². The van der Waals surface area contributed by atoms with E-state index in [0.717, 1.165) is 32.5 Å². The van der Waals surface area contributed by atoms with E-state index in [9.17, 15) is 0 Å². The van der Waals surface area contributed by atoms with Crippen molar-refractivity contribution in [3.63, 3.8) is 0 Å². The summed E-state index contributed by atoms with van der Waals surface area (Å²) in [4.78, 5) is 2.38. The lowest BCUT2D eigenvalue weighted by atomic mass is 10.0. The minimum absolute atomic E-state index is 0.260. The van der Waals surface area contributed by atoms with Gasteiger partial charge in [0, 0.05) is 25.9 Å². The molecule has 1 aliphatic heterocycles. The predicted octanol–water partition coefficient (Wildman–Crippen LogP) is -2.51. The molecule has 0 atom stereocenters. The Hall–Kier alpha value is 0.0597. The van der Waals surface area contributed by atoms with Gasteiger partial charge in [0.05, 0.1) is 0 Å². The van der Waals surface area contributed by atoms with Crippen molar-refractivity contribution < 1.29 is 18.5 Å². The Kier molecular flexibility index (Phi) is 6.53. The van der Waals surface area contributed by atoms with Crippen LogP contribution in [0.3, 0.4) is 0 Å². The van der Waals surface area contributed by atoms with Crippen LogP contribution in [0.5, 0.6) is 0 Å². The molecule has 0 saturated carbocycles. The van der Waals surface area contributed by atoms with Crippen LogP contribution < -0.4 is 0 Å². The van der Waals surface area contributed by atoms with Crippen molar-refractivity contribution in [1.29, 1.82) is 0 Å². The molecule has 1 rings (SSSR count). The summed E-state index contributed by atoms with van der Waals surface area (Å²) < 4.78 is 21.2. The van der Waals surface area contributed by atoms with E-state index in [2.05, 4.69) is 11.8 Å². The number of nitrogens with zero attached hydrogens (tertiary/aromatic N) is 1. The number of likely N-dealkylation sites (tertiary alicyclic amines) is 1. The molecule has 0 unspecified atom stereocenters. The molecule has 9 heteroatoms. The lowest BCUT2D eigenvalue weighted by Crippen LogP contribution is -2.49. The highest BCUT2D eigenvalue weighted by Crippen LogP contribution is 2.26. The van der Waals surface area contributed by atoms with E-state index in [1.165, 1.54) is 0 Å². The third-order valence-corrected chi connectivity index (χ3v) is 2.94. The van der Waals surface area contributed by atoms with E-state index in [1.807, 2.05) is 0 Å². The summed E-state index contributed by atoms with van der Waals surface area (Å²) in [5, 5.41) is 0. The number of piperidine rings is 1. The van der Waals surface area contributed by atoms with Gasteiger partial charge in [-0.25, -0.2) is 0 Å². The van der Waals surface area contributed by atoms with Crippen LogP contribution in [0.2, 0.25) is 0 Å². The van der Waals surface area contributed by atoms with Gasteiger partial charge in [-0.1, -0.05) is 6.92 Å². The molecule has 0 aromatic rings. The van der Waals surface area contributed by atoms with E-state index in [4.69, 9.17) is 18.5 Å². The average molecular weight is 224 g/mol. The van der Waals surface area contributed by atoms with Crippen molar-refractivity contribution in [2.45, 2.75) is 25.6 Å². The first-order chi connectivity index (χ1) is 7.76.